The van der Waals surface area contributed by atoms with Gasteiger partial charge in [-0.3, -0.25) is 9.78 Å². The predicted molar refractivity (Wildman–Crippen MR) is 160 cm³/mol. The molecule has 0 aliphatic heterocycles. The van der Waals surface area contributed by atoms with Crippen molar-refractivity contribution in [3.8, 4) is 11.5 Å². The van der Waals surface area contributed by atoms with Gasteiger partial charge in [0, 0.05) is 27.2 Å². The van der Waals surface area contributed by atoms with Gasteiger partial charge < -0.3 is 4.52 Å². The summed E-state index contributed by atoms with van der Waals surface area (Å²) in [6.45, 7) is 33.8. The van der Waals surface area contributed by atoms with E-state index in [-0.39, 0.29) is 21.7 Å². The van der Waals surface area contributed by atoms with E-state index >= 15 is 0 Å². The van der Waals surface area contributed by atoms with Crippen LogP contribution in [-0.2, 0) is 26.2 Å². The maximum Gasteiger partial charge on any atom is 0.185 e. The summed E-state index contributed by atoms with van der Waals surface area (Å²) in [5.74, 6) is 1.65. The Labute approximate surface area is 224 Å². The van der Waals surface area contributed by atoms with Gasteiger partial charge in [0.05, 0.1) is 0 Å². The van der Waals surface area contributed by atoms with Gasteiger partial charge in [-0.15, -0.1) is 0 Å². The Morgan fingerprint density at radius 1 is 0.556 bits per heavy atom. The Hall–Kier alpha value is -1.57. The van der Waals surface area contributed by atoms with Crippen LogP contribution in [0.5, 0.6) is 11.5 Å². The fraction of sp³-hybridized carbons (Fsp3) is 0.625. The molecule has 0 heterocycles. The van der Waals surface area contributed by atoms with Gasteiger partial charge in [0.1, 0.15) is 0 Å². The lowest BCUT2D eigenvalue weighted by atomic mass is 9.79. The Kier molecular flexibility index (Phi) is 10.7. The lowest BCUT2D eigenvalue weighted by molar-refractivity contribution is -0.104. The van der Waals surface area contributed by atoms with Gasteiger partial charge in [-0.05, 0) is 64.7 Å². The second-order valence-electron chi connectivity index (χ2n) is 14.0. The van der Waals surface area contributed by atoms with Crippen LogP contribution in [0.25, 0.3) is 0 Å². The van der Waals surface area contributed by atoms with E-state index < -0.39 is 0 Å². The van der Waals surface area contributed by atoms with Crippen LogP contribution in [-0.4, -0.2) is 6.61 Å². The third-order valence-electron chi connectivity index (χ3n) is 6.27. The van der Waals surface area contributed by atoms with Gasteiger partial charge >= 0.3 is 0 Å². The zero-order valence-electron chi connectivity index (χ0n) is 25.8. The molecule has 0 bridgehead atoms. The number of hydrogen-bond donors (Lipinski definition) is 0. The predicted octanol–water partition coefficient (Wildman–Crippen LogP) is 9.68. The molecule has 0 saturated heterocycles. The van der Waals surface area contributed by atoms with Crippen LogP contribution in [0.3, 0.4) is 0 Å². The molecule has 0 fully saturated rings. The van der Waals surface area contributed by atoms with E-state index in [1.54, 1.807) is 0 Å². The van der Waals surface area contributed by atoms with Gasteiger partial charge in [-0.25, -0.2) is 0 Å². The highest BCUT2D eigenvalue weighted by Crippen LogP contribution is 2.41. The summed E-state index contributed by atoms with van der Waals surface area (Å²) < 4.78 is 4.46. The minimum atomic E-state index is -0.0668. The smallest absolute Gasteiger partial charge is 0.185 e. The molecule has 0 aliphatic carbocycles. The zero-order chi connectivity index (χ0) is 28.3. The average Bonchev–Trinajstić information content (AvgIpc) is 2.70. The Bertz CT molecular complexity index is 927. The zero-order valence-corrected chi connectivity index (χ0v) is 27.0. The minimum absolute atomic E-state index is 0.0668. The van der Waals surface area contributed by atoms with Crippen molar-refractivity contribution < 1.29 is 14.3 Å². The molecule has 204 valence electrons. The Morgan fingerprint density at radius 3 is 1.03 bits per heavy atom. The van der Waals surface area contributed by atoms with Crippen LogP contribution >= 0.6 is 9.47 Å². The van der Waals surface area contributed by atoms with Crippen LogP contribution in [0.4, 0.5) is 0 Å². The van der Waals surface area contributed by atoms with E-state index in [2.05, 4.69) is 135 Å². The molecule has 2 aromatic rings. The average molecular weight is 517 g/mol. The number of benzene rings is 2. The van der Waals surface area contributed by atoms with Gasteiger partial charge in [0.2, 0.25) is 0 Å². The monoisotopic (exact) mass is 516 g/mol. The van der Waals surface area contributed by atoms with Crippen molar-refractivity contribution in [2.75, 3.05) is 6.61 Å². The second kappa shape index (κ2) is 11.9. The van der Waals surface area contributed by atoms with Gasteiger partial charge in [-0.2, -0.15) is 0 Å². The molecule has 2 aromatic carbocycles. The second-order valence-corrected chi connectivity index (χ2v) is 14.3. The van der Waals surface area contributed by atoms with E-state index in [1.807, 2.05) is 6.92 Å². The molecule has 0 radical (unpaired) electrons. The lowest BCUT2D eigenvalue weighted by Gasteiger charge is -2.30. The molecular formula is C32H53O3P. The molecule has 4 heteroatoms. The highest BCUT2D eigenvalue weighted by Gasteiger charge is 2.28. The third-order valence-corrected chi connectivity index (χ3v) is 6.61. The maximum absolute atomic E-state index is 6.19. The van der Waals surface area contributed by atoms with Crippen LogP contribution in [0, 0.1) is 13.8 Å². The molecule has 2 rings (SSSR count). The van der Waals surface area contributed by atoms with Crippen LogP contribution in [0.15, 0.2) is 24.3 Å². The highest BCUT2D eigenvalue weighted by molar-refractivity contribution is 7.09. The summed E-state index contributed by atoms with van der Waals surface area (Å²) in [6.07, 6.45) is 0. The highest BCUT2D eigenvalue weighted by atomic mass is 31.0. The first-order valence-corrected chi connectivity index (χ1v) is 13.6. The lowest BCUT2D eigenvalue weighted by Crippen LogP contribution is -2.21. The standard InChI is InChI=1S/C30H46O2.C2H7OP/c1-19-15-21(27(3,4)5)17-23(29(9,10)11)25(19)31-32-26-20(2)16-22(28(6,7)8)18-24(26)30(12,13)14;1-2-3-4/h15-18H,1-14H3;2,4H2,1H3. The number of rotatable bonds is 4. The molecule has 1 unspecified atom stereocenters. The summed E-state index contributed by atoms with van der Waals surface area (Å²) in [7, 11) is 2.16. The first-order chi connectivity index (χ1) is 16.1. The summed E-state index contributed by atoms with van der Waals surface area (Å²) >= 11 is 0. The number of hydrogen-bond acceptors (Lipinski definition) is 3. The van der Waals surface area contributed by atoms with Crippen LogP contribution in [0.1, 0.15) is 123 Å². The molecule has 0 aromatic heterocycles. The van der Waals surface area contributed by atoms with Crippen molar-refractivity contribution in [2.24, 2.45) is 0 Å². The normalized spacial score (nSPS) is 12.7. The first-order valence-electron chi connectivity index (χ1n) is 13.1. The largest absolute Gasteiger partial charge is 0.366 e. The summed E-state index contributed by atoms with van der Waals surface area (Å²) in [5, 5.41) is 0. The molecular weight excluding hydrogens is 463 g/mol. The van der Waals surface area contributed by atoms with Crippen molar-refractivity contribution in [1.82, 2.24) is 0 Å². The van der Waals surface area contributed by atoms with Crippen molar-refractivity contribution in [3.63, 3.8) is 0 Å². The SMILES string of the molecule is CCOP.Cc1cc(C(C)(C)C)cc(C(C)(C)C)c1OOc1c(C)cc(C(C)(C)C)cc1C(C)(C)C. The van der Waals surface area contributed by atoms with Gasteiger partial charge in [0.25, 0.3) is 0 Å². The molecule has 0 aliphatic rings. The van der Waals surface area contributed by atoms with E-state index in [0.29, 0.717) is 0 Å². The van der Waals surface area contributed by atoms with E-state index in [0.717, 1.165) is 29.2 Å². The maximum atomic E-state index is 6.19. The van der Waals surface area contributed by atoms with Crippen molar-refractivity contribution >= 4 is 9.47 Å². The van der Waals surface area contributed by atoms with Crippen molar-refractivity contribution in [2.45, 2.75) is 126 Å². The molecule has 3 nitrogen and oxygen atoms in total. The number of aryl methyl sites for hydroxylation is 2. The first kappa shape index (κ1) is 32.5. The molecule has 0 spiro atoms. The van der Waals surface area contributed by atoms with Crippen LogP contribution < -0.4 is 9.78 Å². The molecule has 0 amide bonds. The van der Waals surface area contributed by atoms with E-state index in [1.165, 1.54) is 22.3 Å². The summed E-state index contributed by atoms with van der Waals surface area (Å²) in [6, 6.07) is 9.03. The quantitative estimate of drug-likeness (QED) is 0.230. The van der Waals surface area contributed by atoms with E-state index in [9.17, 15) is 0 Å². The molecule has 0 saturated carbocycles. The van der Waals surface area contributed by atoms with Crippen molar-refractivity contribution in [1.29, 1.82) is 0 Å². The van der Waals surface area contributed by atoms with Crippen molar-refractivity contribution in [3.05, 3.63) is 57.6 Å². The minimum Gasteiger partial charge on any atom is -0.366 e. The van der Waals surface area contributed by atoms with Gasteiger partial charge in [0.15, 0.2) is 11.5 Å². The molecule has 1 atom stereocenters. The molecule has 36 heavy (non-hydrogen) atoms. The summed E-state index contributed by atoms with van der Waals surface area (Å²) in [4.78, 5) is 12.4. The fourth-order valence-electron chi connectivity index (χ4n) is 3.83. The Morgan fingerprint density at radius 2 is 0.833 bits per heavy atom. The van der Waals surface area contributed by atoms with Crippen LogP contribution in [0.2, 0.25) is 0 Å². The molecule has 0 N–H and O–H groups in total. The fourth-order valence-corrected chi connectivity index (χ4v) is 3.83. The third kappa shape index (κ3) is 8.77. The topological polar surface area (TPSA) is 27.7 Å². The van der Waals surface area contributed by atoms with E-state index in [4.69, 9.17) is 9.78 Å². The Balaban J connectivity index is 0.00000150. The van der Waals surface area contributed by atoms with Gasteiger partial charge in [-0.1, -0.05) is 107 Å². The summed E-state index contributed by atoms with van der Waals surface area (Å²) in [5.41, 5.74) is 7.18.